The SMILES string of the molecule is C=CC(=O)NC1CC(OC(C)(C)C)C12CCOCC2. The summed E-state index contributed by atoms with van der Waals surface area (Å²) >= 11 is 0. The molecule has 0 radical (unpaired) electrons. The van der Waals surface area contributed by atoms with E-state index in [-0.39, 0.29) is 29.1 Å². The minimum Gasteiger partial charge on any atom is -0.381 e. The molecule has 2 atom stereocenters. The quantitative estimate of drug-likeness (QED) is 0.796. The number of amides is 1. The van der Waals surface area contributed by atoms with Gasteiger partial charge in [-0.3, -0.25) is 4.79 Å². The van der Waals surface area contributed by atoms with Gasteiger partial charge in [0, 0.05) is 24.7 Å². The summed E-state index contributed by atoms with van der Waals surface area (Å²) in [7, 11) is 0. The van der Waals surface area contributed by atoms with Crippen LogP contribution in [-0.4, -0.2) is 36.9 Å². The second kappa shape index (κ2) is 5.25. The van der Waals surface area contributed by atoms with Crippen molar-refractivity contribution in [3.8, 4) is 0 Å². The maximum absolute atomic E-state index is 11.5. The molecule has 0 aromatic rings. The smallest absolute Gasteiger partial charge is 0.243 e. The second-order valence-electron chi connectivity index (χ2n) is 6.57. The summed E-state index contributed by atoms with van der Waals surface area (Å²) in [6.45, 7) is 11.3. The van der Waals surface area contributed by atoms with Crippen molar-refractivity contribution in [3.63, 3.8) is 0 Å². The molecule has 19 heavy (non-hydrogen) atoms. The summed E-state index contributed by atoms with van der Waals surface area (Å²) in [4.78, 5) is 11.5. The summed E-state index contributed by atoms with van der Waals surface area (Å²) in [6, 6.07) is 0.189. The van der Waals surface area contributed by atoms with Gasteiger partial charge in [0.2, 0.25) is 5.91 Å². The third-order valence-electron chi connectivity index (χ3n) is 4.21. The van der Waals surface area contributed by atoms with E-state index < -0.39 is 0 Å². The average molecular weight is 267 g/mol. The van der Waals surface area contributed by atoms with Crippen LogP contribution in [0.3, 0.4) is 0 Å². The minimum atomic E-state index is -0.149. The molecule has 1 heterocycles. The summed E-state index contributed by atoms with van der Waals surface area (Å²) < 4.78 is 11.7. The Bertz CT molecular complexity index is 353. The molecule has 4 heteroatoms. The first-order valence-electron chi connectivity index (χ1n) is 7.06. The monoisotopic (exact) mass is 267 g/mol. The number of carbonyl (C=O) groups excluding carboxylic acids is 1. The molecule has 1 aliphatic carbocycles. The maximum Gasteiger partial charge on any atom is 0.243 e. The van der Waals surface area contributed by atoms with Crippen molar-refractivity contribution >= 4 is 5.91 Å². The van der Waals surface area contributed by atoms with Gasteiger partial charge in [-0.15, -0.1) is 0 Å². The molecule has 0 aromatic carbocycles. The fraction of sp³-hybridized carbons (Fsp3) is 0.800. The molecule has 0 bridgehead atoms. The lowest BCUT2D eigenvalue weighted by atomic mass is 9.57. The molecule has 2 unspecified atom stereocenters. The summed E-state index contributed by atoms with van der Waals surface area (Å²) in [5.74, 6) is -0.0925. The van der Waals surface area contributed by atoms with E-state index in [1.165, 1.54) is 6.08 Å². The zero-order valence-electron chi connectivity index (χ0n) is 12.2. The molecular formula is C15H25NO3. The van der Waals surface area contributed by atoms with Gasteiger partial charge in [0.15, 0.2) is 0 Å². The first-order valence-corrected chi connectivity index (χ1v) is 7.06. The van der Waals surface area contributed by atoms with Crippen LogP contribution in [0.15, 0.2) is 12.7 Å². The number of ether oxygens (including phenoxy) is 2. The Hall–Kier alpha value is -0.870. The van der Waals surface area contributed by atoms with Crippen LogP contribution in [-0.2, 0) is 14.3 Å². The Labute approximate surface area is 115 Å². The highest BCUT2D eigenvalue weighted by atomic mass is 16.5. The molecule has 0 aromatic heterocycles. The van der Waals surface area contributed by atoms with Crippen LogP contribution in [0.1, 0.15) is 40.0 Å². The van der Waals surface area contributed by atoms with E-state index in [1.54, 1.807) is 0 Å². The summed E-state index contributed by atoms with van der Waals surface area (Å²) in [5, 5.41) is 3.05. The second-order valence-corrected chi connectivity index (χ2v) is 6.57. The zero-order valence-corrected chi connectivity index (χ0v) is 12.2. The summed E-state index contributed by atoms with van der Waals surface area (Å²) in [6.07, 6.45) is 4.35. The van der Waals surface area contributed by atoms with E-state index >= 15 is 0 Å². The van der Waals surface area contributed by atoms with E-state index in [0.717, 1.165) is 32.5 Å². The molecule has 108 valence electrons. The normalized spacial score (nSPS) is 29.6. The van der Waals surface area contributed by atoms with Gasteiger partial charge < -0.3 is 14.8 Å². The average Bonchev–Trinajstić information content (AvgIpc) is 2.37. The fourth-order valence-electron chi connectivity index (χ4n) is 3.19. The highest BCUT2D eigenvalue weighted by Gasteiger charge is 2.57. The van der Waals surface area contributed by atoms with Crippen molar-refractivity contribution in [2.45, 2.75) is 57.8 Å². The molecule has 4 nitrogen and oxygen atoms in total. The Balaban J connectivity index is 2.07. The van der Waals surface area contributed by atoms with Crippen LogP contribution in [0, 0.1) is 5.41 Å². The molecule has 1 saturated carbocycles. The maximum atomic E-state index is 11.5. The van der Waals surface area contributed by atoms with Crippen LogP contribution in [0.25, 0.3) is 0 Å². The van der Waals surface area contributed by atoms with Gasteiger partial charge in [-0.1, -0.05) is 6.58 Å². The zero-order chi connectivity index (χ0) is 14.1. The number of carbonyl (C=O) groups is 1. The molecule has 2 fully saturated rings. The van der Waals surface area contributed by atoms with E-state index in [1.807, 2.05) is 0 Å². The van der Waals surface area contributed by atoms with Crippen molar-refractivity contribution < 1.29 is 14.3 Å². The first-order chi connectivity index (χ1) is 8.87. The van der Waals surface area contributed by atoms with Gasteiger partial charge >= 0.3 is 0 Å². The van der Waals surface area contributed by atoms with Crippen LogP contribution in [0.4, 0.5) is 0 Å². The number of rotatable bonds is 3. The number of nitrogens with one attached hydrogen (secondary N) is 1. The molecule has 1 aliphatic heterocycles. The highest BCUT2D eigenvalue weighted by molar-refractivity contribution is 5.87. The lowest BCUT2D eigenvalue weighted by molar-refractivity contribution is -0.211. The molecule has 2 aliphatic rings. The van der Waals surface area contributed by atoms with Crippen molar-refractivity contribution in [3.05, 3.63) is 12.7 Å². The molecular weight excluding hydrogens is 242 g/mol. The fourth-order valence-corrected chi connectivity index (χ4v) is 3.19. The third kappa shape index (κ3) is 3.00. The first kappa shape index (κ1) is 14.5. The Morgan fingerprint density at radius 3 is 2.58 bits per heavy atom. The van der Waals surface area contributed by atoms with Gasteiger partial charge in [-0.2, -0.15) is 0 Å². The van der Waals surface area contributed by atoms with E-state index in [0.29, 0.717) is 0 Å². The Morgan fingerprint density at radius 2 is 2.05 bits per heavy atom. The van der Waals surface area contributed by atoms with Crippen LogP contribution < -0.4 is 5.32 Å². The van der Waals surface area contributed by atoms with Crippen LogP contribution in [0.2, 0.25) is 0 Å². The van der Waals surface area contributed by atoms with Gasteiger partial charge in [-0.05, 0) is 46.1 Å². The van der Waals surface area contributed by atoms with E-state index in [2.05, 4.69) is 32.7 Å². The van der Waals surface area contributed by atoms with Crippen molar-refractivity contribution in [1.82, 2.24) is 5.32 Å². The van der Waals surface area contributed by atoms with Crippen LogP contribution >= 0.6 is 0 Å². The lowest BCUT2D eigenvalue weighted by Gasteiger charge is -2.58. The van der Waals surface area contributed by atoms with Gasteiger partial charge in [-0.25, -0.2) is 0 Å². The topological polar surface area (TPSA) is 47.6 Å². The van der Waals surface area contributed by atoms with Crippen molar-refractivity contribution in [2.24, 2.45) is 5.41 Å². The van der Waals surface area contributed by atoms with Gasteiger partial charge in [0.1, 0.15) is 0 Å². The highest BCUT2D eigenvalue weighted by Crippen LogP contribution is 2.51. The lowest BCUT2D eigenvalue weighted by Crippen LogP contribution is -2.67. The van der Waals surface area contributed by atoms with E-state index in [9.17, 15) is 4.79 Å². The Morgan fingerprint density at radius 1 is 1.42 bits per heavy atom. The van der Waals surface area contributed by atoms with Gasteiger partial charge in [0.05, 0.1) is 11.7 Å². The van der Waals surface area contributed by atoms with E-state index in [4.69, 9.17) is 9.47 Å². The molecule has 1 amide bonds. The van der Waals surface area contributed by atoms with Crippen LogP contribution in [0.5, 0.6) is 0 Å². The number of hydrogen-bond donors (Lipinski definition) is 1. The van der Waals surface area contributed by atoms with Crippen molar-refractivity contribution in [1.29, 1.82) is 0 Å². The molecule has 1 N–H and O–H groups in total. The predicted molar refractivity (Wildman–Crippen MR) is 73.9 cm³/mol. The Kier molecular flexibility index (Phi) is 4.02. The van der Waals surface area contributed by atoms with Gasteiger partial charge in [0.25, 0.3) is 0 Å². The standard InChI is InChI=1S/C15H25NO3/c1-5-13(17)16-11-10-12(19-14(2,3)4)15(11)6-8-18-9-7-15/h5,11-12H,1,6-10H2,2-4H3,(H,16,17). The minimum absolute atomic E-state index is 0.0458. The predicted octanol–water partition coefficient (Wildman–Crippen LogP) is 2.04. The molecule has 1 saturated heterocycles. The largest absolute Gasteiger partial charge is 0.381 e. The molecule has 1 spiro atoms. The molecule has 2 rings (SSSR count). The van der Waals surface area contributed by atoms with Crippen molar-refractivity contribution in [2.75, 3.05) is 13.2 Å². The third-order valence-corrected chi connectivity index (χ3v) is 4.21. The summed E-state index contributed by atoms with van der Waals surface area (Å²) in [5.41, 5.74) is -0.104. The number of hydrogen-bond acceptors (Lipinski definition) is 3.